The Balaban J connectivity index is 1.73. The summed E-state index contributed by atoms with van der Waals surface area (Å²) in [4.78, 5) is 23.7. The second-order valence-electron chi connectivity index (χ2n) is 5.42. The SMILES string of the molecule is C[C@@H]1Oc2ccc(NC(=O)/C=C/c3c(Cl)cccc3Cl)cc2NC1=O. The van der Waals surface area contributed by atoms with Crippen LogP contribution in [-0.4, -0.2) is 17.9 Å². The molecule has 0 unspecified atom stereocenters. The predicted octanol–water partition coefficient (Wildman–Crippen LogP) is 4.36. The average Bonchev–Trinajstić information content (AvgIpc) is 2.56. The van der Waals surface area contributed by atoms with Crippen LogP contribution >= 0.6 is 23.2 Å². The molecule has 2 amide bonds. The van der Waals surface area contributed by atoms with E-state index in [1.54, 1.807) is 49.4 Å². The molecular formula is C18H14Cl2N2O3. The number of hydrogen-bond acceptors (Lipinski definition) is 3. The number of halogens is 2. The molecule has 7 heteroatoms. The average molecular weight is 377 g/mol. The van der Waals surface area contributed by atoms with Crippen LogP contribution in [0.25, 0.3) is 6.08 Å². The monoisotopic (exact) mass is 376 g/mol. The lowest BCUT2D eigenvalue weighted by atomic mass is 10.2. The minimum Gasteiger partial charge on any atom is -0.479 e. The number of benzene rings is 2. The molecule has 2 aromatic carbocycles. The smallest absolute Gasteiger partial charge is 0.265 e. The fraction of sp³-hybridized carbons (Fsp3) is 0.111. The van der Waals surface area contributed by atoms with E-state index in [0.717, 1.165) is 0 Å². The first-order valence-electron chi connectivity index (χ1n) is 7.48. The summed E-state index contributed by atoms with van der Waals surface area (Å²) in [6.07, 6.45) is 2.34. The number of amides is 2. The van der Waals surface area contributed by atoms with Crippen molar-refractivity contribution in [3.8, 4) is 5.75 Å². The second-order valence-corrected chi connectivity index (χ2v) is 6.23. The zero-order valence-electron chi connectivity index (χ0n) is 13.2. The highest BCUT2D eigenvalue weighted by molar-refractivity contribution is 6.37. The standard InChI is InChI=1S/C18H14Cl2N2O3/c1-10-18(24)22-15-9-11(5-7-16(15)25-10)21-17(23)8-6-12-13(19)3-2-4-14(12)20/h2-10H,1H3,(H,21,23)(H,22,24)/b8-6+/t10-/m0/s1. The summed E-state index contributed by atoms with van der Waals surface area (Å²) < 4.78 is 5.47. The Bertz CT molecular complexity index is 860. The van der Waals surface area contributed by atoms with Crippen LogP contribution < -0.4 is 15.4 Å². The molecule has 0 saturated heterocycles. The van der Waals surface area contributed by atoms with Crippen LogP contribution in [0.1, 0.15) is 12.5 Å². The van der Waals surface area contributed by atoms with Crippen LogP contribution in [0.2, 0.25) is 10.0 Å². The maximum absolute atomic E-state index is 12.1. The van der Waals surface area contributed by atoms with Crippen LogP contribution in [0.3, 0.4) is 0 Å². The van der Waals surface area contributed by atoms with Crippen molar-refractivity contribution in [3.05, 3.63) is 58.1 Å². The Morgan fingerprint density at radius 3 is 2.68 bits per heavy atom. The van der Waals surface area contributed by atoms with Crippen molar-refractivity contribution in [1.29, 1.82) is 0 Å². The molecule has 2 aromatic rings. The van der Waals surface area contributed by atoms with Gasteiger partial charge in [0.2, 0.25) is 5.91 Å². The van der Waals surface area contributed by atoms with Gasteiger partial charge in [-0.25, -0.2) is 0 Å². The summed E-state index contributed by atoms with van der Waals surface area (Å²) in [6, 6.07) is 10.1. The quantitative estimate of drug-likeness (QED) is 0.781. The summed E-state index contributed by atoms with van der Waals surface area (Å²) in [5.41, 5.74) is 1.61. The number of nitrogens with one attached hydrogen (secondary N) is 2. The molecule has 1 atom stereocenters. The predicted molar refractivity (Wildman–Crippen MR) is 99.3 cm³/mol. The van der Waals surface area contributed by atoms with Crippen molar-refractivity contribution in [2.45, 2.75) is 13.0 Å². The first-order valence-corrected chi connectivity index (χ1v) is 8.24. The van der Waals surface area contributed by atoms with Gasteiger partial charge >= 0.3 is 0 Å². The molecule has 5 nitrogen and oxygen atoms in total. The van der Waals surface area contributed by atoms with Gasteiger partial charge in [0.05, 0.1) is 5.69 Å². The van der Waals surface area contributed by atoms with E-state index in [0.29, 0.717) is 32.7 Å². The molecule has 0 spiro atoms. The second kappa shape index (κ2) is 7.17. The molecular weight excluding hydrogens is 363 g/mol. The number of carbonyl (C=O) groups is 2. The van der Waals surface area contributed by atoms with Crippen LogP contribution in [0.5, 0.6) is 5.75 Å². The van der Waals surface area contributed by atoms with Gasteiger partial charge in [-0.3, -0.25) is 9.59 Å². The minimum atomic E-state index is -0.545. The van der Waals surface area contributed by atoms with E-state index >= 15 is 0 Å². The summed E-state index contributed by atoms with van der Waals surface area (Å²) in [7, 11) is 0. The molecule has 0 saturated carbocycles. The molecule has 25 heavy (non-hydrogen) atoms. The van der Waals surface area contributed by atoms with E-state index in [1.165, 1.54) is 6.08 Å². The zero-order valence-corrected chi connectivity index (χ0v) is 14.7. The van der Waals surface area contributed by atoms with Gasteiger partial charge in [0.15, 0.2) is 6.10 Å². The van der Waals surface area contributed by atoms with Gasteiger partial charge in [-0.05, 0) is 43.3 Å². The maximum Gasteiger partial charge on any atom is 0.265 e. The molecule has 1 aliphatic heterocycles. The molecule has 0 fully saturated rings. The highest BCUT2D eigenvalue weighted by atomic mass is 35.5. The molecule has 1 heterocycles. The third-order valence-corrected chi connectivity index (χ3v) is 4.24. The van der Waals surface area contributed by atoms with Crippen molar-refractivity contribution in [2.24, 2.45) is 0 Å². The molecule has 128 valence electrons. The van der Waals surface area contributed by atoms with Gasteiger partial charge in [-0.1, -0.05) is 29.3 Å². The Hall–Kier alpha value is -2.50. The van der Waals surface area contributed by atoms with Crippen molar-refractivity contribution in [2.75, 3.05) is 10.6 Å². The lowest BCUT2D eigenvalue weighted by Crippen LogP contribution is -2.34. The molecule has 0 aromatic heterocycles. The first-order chi connectivity index (χ1) is 11.9. The Morgan fingerprint density at radius 2 is 1.96 bits per heavy atom. The third-order valence-electron chi connectivity index (χ3n) is 3.58. The lowest BCUT2D eigenvalue weighted by molar-refractivity contribution is -0.122. The van der Waals surface area contributed by atoms with Gasteiger partial charge in [0, 0.05) is 27.4 Å². The molecule has 3 rings (SSSR count). The third kappa shape index (κ3) is 3.95. The molecule has 0 bridgehead atoms. The number of rotatable bonds is 3. The minimum absolute atomic E-state index is 0.232. The fourth-order valence-corrected chi connectivity index (χ4v) is 2.82. The van der Waals surface area contributed by atoms with Crippen LogP contribution in [0.15, 0.2) is 42.5 Å². The lowest BCUT2D eigenvalue weighted by Gasteiger charge is -2.23. The van der Waals surface area contributed by atoms with Crippen molar-refractivity contribution >= 4 is 52.5 Å². The number of fused-ring (bicyclic) bond motifs is 1. The normalized spacial score (nSPS) is 16.1. The number of anilines is 2. The van der Waals surface area contributed by atoms with Gasteiger partial charge in [-0.2, -0.15) is 0 Å². The van der Waals surface area contributed by atoms with Gasteiger partial charge < -0.3 is 15.4 Å². The first kappa shape index (κ1) is 17.3. The highest BCUT2D eigenvalue weighted by Crippen LogP contribution is 2.32. The Morgan fingerprint density at radius 1 is 1.24 bits per heavy atom. The summed E-state index contributed by atoms with van der Waals surface area (Å²) in [5.74, 6) is -0.0277. The summed E-state index contributed by atoms with van der Waals surface area (Å²) >= 11 is 12.1. The van der Waals surface area contributed by atoms with Crippen molar-refractivity contribution in [3.63, 3.8) is 0 Å². The molecule has 1 aliphatic rings. The topological polar surface area (TPSA) is 67.4 Å². The summed E-state index contributed by atoms with van der Waals surface area (Å²) in [6.45, 7) is 1.67. The van der Waals surface area contributed by atoms with Gasteiger partial charge in [-0.15, -0.1) is 0 Å². The maximum atomic E-state index is 12.1. The number of carbonyl (C=O) groups excluding carboxylic acids is 2. The van der Waals surface area contributed by atoms with Gasteiger partial charge in [0.1, 0.15) is 5.75 Å². The van der Waals surface area contributed by atoms with Crippen LogP contribution in [-0.2, 0) is 9.59 Å². The van der Waals surface area contributed by atoms with E-state index in [2.05, 4.69) is 10.6 Å². The fourth-order valence-electron chi connectivity index (χ4n) is 2.30. The Labute approximate surface area is 154 Å². The largest absolute Gasteiger partial charge is 0.479 e. The van der Waals surface area contributed by atoms with Gasteiger partial charge in [0.25, 0.3) is 5.91 Å². The van der Waals surface area contributed by atoms with E-state index in [9.17, 15) is 9.59 Å². The van der Waals surface area contributed by atoms with Crippen LogP contribution in [0, 0.1) is 0 Å². The molecule has 0 radical (unpaired) electrons. The van der Waals surface area contributed by atoms with E-state index < -0.39 is 6.10 Å². The van der Waals surface area contributed by atoms with Crippen molar-refractivity contribution < 1.29 is 14.3 Å². The van der Waals surface area contributed by atoms with Crippen molar-refractivity contribution in [1.82, 2.24) is 0 Å². The van der Waals surface area contributed by atoms with E-state index in [-0.39, 0.29) is 11.8 Å². The molecule has 0 aliphatic carbocycles. The summed E-state index contributed by atoms with van der Waals surface area (Å²) in [5, 5.41) is 6.35. The number of ether oxygens (including phenoxy) is 1. The number of hydrogen-bond donors (Lipinski definition) is 2. The highest BCUT2D eigenvalue weighted by Gasteiger charge is 2.23. The zero-order chi connectivity index (χ0) is 18.0. The van der Waals surface area contributed by atoms with E-state index in [1.807, 2.05) is 0 Å². The van der Waals surface area contributed by atoms with E-state index in [4.69, 9.17) is 27.9 Å². The van der Waals surface area contributed by atoms with Crippen LogP contribution in [0.4, 0.5) is 11.4 Å². The Kier molecular flexibility index (Phi) is 4.97. The molecule has 2 N–H and O–H groups in total.